The first kappa shape index (κ1) is 15.9. The number of hydrogen-bond acceptors (Lipinski definition) is 2. The van der Waals surface area contributed by atoms with Crippen LogP contribution in [-0.2, 0) is 9.59 Å². The fourth-order valence-electron chi connectivity index (χ4n) is 0.571. The van der Waals surface area contributed by atoms with Gasteiger partial charge in [-0.05, 0) is 19.8 Å². The highest BCUT2D eigenvalue weighted by molar-refractivity contribution is 5.85. The Bertz CT molecular complexity index is 262. The Kier molecular flexibility index (Phi) is 8.24. The second kappa shape index (κ2) is 7.79. The van der Waals surface area contributed by atoms with E-state index >= 15 is 0 Å². The first-order chi connectivity index (χ1) is 6.68. The van der Waals surface area contributed by atoms with Gasteiger partial charge in [-0.3, -0.25) is 0 Å². The third-order valence-electron chi connectivity index (χ3n) is 1.29. The molecule has 0 unspecified atom stereocenters. The molecule has 0 aromatic heterocycles. The summed E-state index contributed by atoms with van der Waals surface area (Å²) in [6.07, 6.45) is 1.72. The van der Waals surface area contributed by atoms with E-state index < -0.39 is 11.9 Å². The quantitative estimate of drug-likeness (QED) is 0.707. The zero-order chi connectivity index (χ0) is 12.6. The van der Waals surface area contributed by atoms with Crippen LogP contribution in [0.15, 0.2) is 23.8 Å². The smallest absolute Gasteiger partial charge is 0.330 e. The van der Waals surface area contributed by atoms with Crippen molar-refractivity contribution in [1.29, 1.82) is 0 Å². The Morgan fingerprint density at radius 3 is 1.53 bits per heavy atom. The number of aliphatic carboxylic acids is 2. The number of allylic oxidation sites excluding steroid dienone is 1. The molecule has 4 heteroatoms. The highest BCUT2D eigenvalue weighted by Crippen LogP contribution is 2.00. The van der Waals surface area contributed by atoms with Crippen molar-refractivity contribution in [3.63, 3.8) is 0 Å². The van der Waals surface area contributed by atoms with Crippen molar-refractivity contribution in [3.05, 3.63) is 23.8 Å². The maximum atomic E-state index is 10.2. The van der Waals surface area contributed by atoms with Crippen LogP contribution in [0.5, 0.6) is 0 Å². The van der Waals surface area contributed by atoms with E-state index in [1.54, 1.807) is 13.0 Å². The summed E-state index contributed by atoms with van der Waals surface area (Å²) >= 11 is 0. The first-order valence-electron chi connectivity index (χ1n) is 4.49. The maximum Gasteiger partial charge on any atom is 0.330 e. The molecule has 0 amide bonds. The molecular weight excluding hydrogens is 196 g/mol. The maximum absolute atomic E-state index is 10.2. The van der Waals surface area contributed by atoms with Crippen molar-refractivity contribution in [3.8, 4) is 0 Å². The summed E-state index contributed by atoms with van der Waals surface area (Å²) in [4.78, 5) is 19.8. The van der Waals surface area contributed by atoms with Gasteiger partial charge in [-0.15, -0.1) is 0 Å². The van der Waals surface area contributed by atoms with Crippen molar-refractivity contribution in [1.82, 2.24) is 0 Å². The minimum Gasteiger partial charge on any atom is -0.478 e. The van der Waals surface area contributed by atoms with Crippen LogP contribution in [0.4, 0.5) is 0 Å². The van der Waals surface area contributed by atoms with Crippen molar-refractivity contribution in [2.24, 2.45) is 5.92 Å². The molecule has 0 bridgehead atoms. The van der Waals surface area contributed by atoms with Gasteiger partial charge >= 0.3 is 11.9 Å². The Morgan fingerprint density at radius 1 is 1.13 bits per heavy atom. The van der Waals surface area contributed by atoms with E-state index in [1.807, 2.05) is 13.8 Å². The van der Waals surface area contributed by atoms with E-state index in [-0.39, 0.29) is 5.57 Å². The van der Waals surface area contributed by atoms with Gasteiger partial charge in [0.1, 0.15) is 0 Å². The molecular formula is C11H18O4. The van der Waals surface area contributed by atoms with Gasteiger partial charge < -0.3 is 10.2 Å². The molecule has 0 heterocycles. The summed E-state index contributed by atoms with van der Waals surface area (Å²) in [6, 6.07) is 0. The molecule has 0 aliphatic rings. The third-order valence-corrected chi connectivity index (χ3v) is 1.29. The minimum atomic E-state index is -0.935. The van der Waals surface area contributed by atoms with Crippen LogP contribution < -0.4 is 0 Å². The van der Waals surface area contributed by atoms with Gasteiger partial charge in [0.25, 0.3) is 0 Å². The minimum absolute atomic E-state index is 0.176. The first-order valence-corrected chi connectivity index (χ1v) is 4.49. The number of rotatable bonds is 3. The molecule has 2 N–H and O–H groups in total. The fourth-order valence-corrected chi connectivity index (χ4v) is 0.571. The van der Waals surface area contributed by atoms with E-state index in [2.05, 4.69) is 6.58 Å². The van der Waals surface area contributed by atoms with Crippen molar-refractivity contribution in [2.45, 2.75) is 27.7 Å². The van der Waals surface area contributed by atoms with Crippen molar-refractivity contribution in [2.75, 3.05) is 0 Å². The second-order valence-corrected chi connectivity index (χ2v) is 3.48. The van der Waals surface area contributed by atoms with Gasteiger partial charge in [-0.1, -0.05) is 26.5 Å². The Morgan fingerprint density at radius 2 is 1.47 bits per heavy atom. The fraction of sp³-hybridized carbons (Fsp3) is 0.455. The predicted molar refractivity (Wildman–Crippen MR) is 58.7 cm³/mol. The molecule has 86 valence electrons. The topological polar surface area (TPSA) is 74.6 Å². The number of hydrogen-bond donors (Lipinski definition) is 2. The predicted octanol–water partition coefficient (Wildman–Crippen LogP) is 2.32. The monoisotopic (exact) mass is 214 g/mol. The van der Waals surface area contributed by atoms with Gasteiger partial charge in [0.15, 0.2) is 0 Å². The summed E-state index contributed by atoms with van der Waals surface area (Å²) < 4.78 is 0. The second-order valence-electron chi connectivity index (χ2n) is 3.48. The molecule has 0 spiro atoms. The normalized spacial score (nSPS) is 10.3. The van der Waals surface area contributed by atoms with Gasteiger partial charge in [-0.2, -0.15) is 0 Å². The van der Waals surface area contributed by atoms with Crippen LogP contribution in [0.3, 0.4) is 0 Å². The lowest BCUT2D eigenvalue weighted by Crippen LogP contribution is -1.97. The van der Waals surface area contributed by atoms with Crippen LogP contribution in [-0.4, -0.2) is 22.2 Å². The van der Waals surface area contributed by atoms with Crippen LogP contribution >= 0.6 is 0 Å². The summed E-state index contributed by atoms with van der Waals surface area (Å²) in [7, 11) is 0. The highest BCUT2D eigenvalue weighted by Gasteiger charge is 1.98. The summed E-state index contributed by atoms with van der Waals surface area (Å²) in [5.41, 5.74) is 0.597. The van der Waals surface area contributed by atoms with E-state index in [4.69, 9.17) is 10.2 Å². The molecule has 0 aromatic carbocycles. The molecule has 15 heavy (non-hydrogen) atoms. The van der Waals surface area contributed by atoms with Crippen LogP contribution in [0.2, 0.25) is 0 Å². The molecule has 0 aromatic rings. The zero-order valence-electron chi connectivity index (χ0n) is 9.57. The zero-order valence-corrected chi connectivity index (χ0v) is 9.57. The highest BCUT2D eigenvalue weighted by atomic mass is 16.4. The Hall–Kier alpha value is -1.58. The number of carboxylic acid groups (broad SMARTS) is 2. The number of carboxylic acids is 2. The SMILES string of the molecule is C=C(C)C(=O)O.CC(=CC(C)C)C(=O)O. The average molecular weight is 214 g/mol. The molecule has 0 fully saturated rings. The standard InChI is InChI=1S/C7H12O2.C4H6O2/c1-5(2)4-6(3)7(8)9;1-3(2)4(5)6/h4-5H,1-3H3,(H,8,9);1H2,2H3,(H,5,6). The number of carbonyl (C=O) groups is 2. The molecule has 0 aliphatic carbocycles. The molecule has 0 saturated carbocycles. The molecule has 0 radical (unpaired) electrons. The Balaban J connectivity index is 0. The van der Waals surface area contributed by atoms with Gasteiger partial charge in [0.05, 0.1) is 0 Å². The van der Waals surface area contributed by atoms with Gasteiger partial charge in [0.2, 0.25) is 0 Å². The van der Waals surface area contributed by atoms with Crippen LogP contribution in [0.1, 0.15) is 27.7 Å². The summed E-state index contributed by atoms with van der Waals surface area (Å²) in [5, 5.41) is 16.3. The molecule has 0 rings (SSSR count). The lowest BCUT2D eigenvalue weighted by Gasteiger charge is -1.95. The molecule has 0 aliphatic heterocycles. The third kappa shape index (κ3) is 12.4. The average Bonchev–Trinajstić information content (AvgIpc) is 2.03. The molecule has 4 nitrogen and oxygen atoms in total. The lowest BCUT2D eigenvalue weighted by molar-refractivity contribution is -0.133. The summed E-state index contributed by atoms with van der Waals surface area (Å²) in [6.45, 7) is 10.1. The molecule has 0 saturated heterocycles. The largest absolute Gasteiger partial charge is 0.478 e. The van der Waals surface area contributed by atoms with Gasteiger partial charge in [0, 0.05) is 11.1 Å². The van der Waals surface area contributed by atoms with Crippen LogP contribution in [0, 0.1) is 5.92 Å². The van der Waals surface area contributed by atoms with Crippen molar-refractivity contribution >= 4 is 11.9 Å². The van der Waals surface area contributed by atoms with Crippen molar-refractivity contribution < 1.29 is 19.8 Å². The molecule has 0 atom stereocenters. The Labute approximate surface area is 89.9 Å². The van der Waals surface area contributed by atoms with Crippen LogP contribution in [0.25, 0.3) is 0 Å². The van der Waals surface area contributed by atoms with E-state index in [9.17, 15) is 9.59 Å². The summed E-state index contributed by atoms with van der Waals surface area (Å²) in [5.74, 6) is -1.44. The lowest BCUT2D eigenvalue weighted by atomic mass is 10.1. The van der Waals surface area contributed by atoms with E-state index in [0.29, 0.717) is 11.5 Å². The van der Waals surface area contributed by atoms with Gasteiger partial charge in [-0.25, -0.2) is 9.59 Å². The van der Waals surface area contributed by atoms with E-state index in [0.717, 1.165) is 0 Å². The van der Waals surface area contributed by atoms with E-state index in [1.165, 1.54) is 6.92 Å².